The van der Waals surface area contributed by atoms with Gasteiger partial charge in [0.15, 0.2) is 11.4 Å². The van der Waals surface area contributed by atoms with Crippen molar-refractivity contribution in [1.82, 2.24) is 4.98 Å². The Hall–Kier alpha value is -1.92. The summed E-state index contributed by atoms with van der Waals surface area (Å²) in [6, 6.07) is 0.990. The highest BCUT2D eigenvalue weighted by molar-refractivity contribution is 5.96. The second-order valence-electron chi connectivity index (χ2n) is 2.61. The van der Waals surface area contributed by atoms with Gasteiger partial charge in [-0.1, -0.05) is 0 Å². The van der Waals surface area contributed by atoms with E-state index in [2.05, 4.69) is 9.72 Å². The van der Waals surface area contributed by atoms with Gasteiger partial charge in [0, 0.05) is 6.07 Å². The fourth-order valence-corrected chi connectivity index (χ4v) is 0.978. The van der Waals surface area contributed by atoms with Crippen LogP contribution in [-0.4, -0.2) is 23.1 Å². The third-order valence-electron chi connectivity index (χ3n) is 1.68. The Balaban J connectivity index is 3.40. The maximum Gasteiger partial charge on any atom is 0.284 e. The lowest BCUT2D eigenvalue weighted by Crippen LogP contribution is -2.13. The highest BCUT2D eigenvalue weighted by Gasteiger charge is 2.22. The van der Waals surface area contributed by atoms with E-state index in [1.807, 2.05) is 0 Å². The minimum absolute atomic E-state index is 0.211. The highest BCUT2D eigenvalue weighted by atomic mass is 19.3. The zero-order chi connectivity index (χ0) is 11.6. The molecule has 5 nitrogen and oxygen atoms in total. The molecule has 0 atom stereocenters. The molecule has 0 saturated carbocycles. The number of pyridine rings is 1. The molecule has 0 saturated heterocycles. The molecular formula is C8H8F2N2O3. The number of rotatable bonds is 3. The molecule has 1 aromatic heterocycles. The summed E-state index contributed by atoms with van der Waals surface area (Å²) in [5, 5.41) is 9.25. The zero-order valence-electron chi connectivity index (χ0n) is 7.70. The number of alkyl halides is 2. The van der Waals surface area contributed by atoms with E-state index in [1.165, 1.54) is 7.11 Å². The molecule has 1 amide bonds. The van der Waals surface area contributed by atoms with Crippen molar-refractivity contribution in [3.05, 3.63) is 17.3 Å². The molecule has 1 rings (SSSR count). The summed E-state index contributed by atoms with van der Waals surface area (Å²) < 4.78 is 29.3. The minimum atomic E-state index is -3.02. The van der Waals surface area contributed by atoms with E-state index in [9.17, 15) is 18.7 Å². The number of carbonyl (C=O) groups is 1. The van der Waals surface area contributed by atoms with E-state index in [4.69, 9.17) is 5.73 Å². The molecule has 1 aromatic rings. The minimum Gasteiger partial charge on any atom is -0.505 e. The van der Waals surface area contributed by atoms with Crippen LogP contribution in [0.1, 0.15) is 22.5 Å². The van der Waals surface area contributed by atoms with Gasteiger partial charge in [0.2, 0.25) is 5.88 Å². The third kappa shape index (κ3) is 2.12. The van der Waals surface area contributed by atoms with Crippen LogP contribution in [0.4, 0.5) is 8.78 Å². The summed E-state index contributed by atoms with van der Waals surface area (Å²) in [5.74, 6) is -2.16. The molecule has 0 aliphatic rings. The second-order valence-corrected chi connectivity index (χ2v) is 2.61. The summed E-state index contributed by atoms with van der Waals surface area (Å²) in [6.07, 6.45) is -3.02. The van der Waals surface area contributed by atoms with E-state index in [0.717, 1.165) is 6.07 Å². The topological polar surface area (TPSA) is 85.4 Å². The number of primary amides is 1. The van der Waals surface area contributed by atoms with Crippen molar-refractivity contribution in [2.75, 3.05) is 7.11 Å². The van der Waals surface area contributed by atoms with E-state index in [-0.39, 0.29) is 5.88 Å². The number of aromatic nitrogens is 1. The summed E-state index contributed by atoms with van der Waals surface area (Å²) in [7, 11) is 1.19. The highest BCUT2D eigenvalue weighted by Crippen LogP contribution is 2.31. The number of hydrogen-bond donors (Lipinski definition) is 2. The molecule has 0 unspecified atom stereocenters. The van der Waals surface area contributed by atoms with Gasteiger partial charge in [0.05, 0.1) is 12.7 Å². The lowest BCUT2D eigenvalue weighted by molar-refractivity contribution is 0.0995. The van der Waals surface area contributed by atoms with Crippen LogP contribution in [0.3, 0.4) is 0 Å². The second kappa shape index (κ2) is 4.07. The fourth-order valence-electron chi connectivity index (χ4n) is 0.978. The molecule has 0 bridgehead atoms. The van der Waals surface area contributed by atoms with Gasteiger partial charge in [-0.2, -0.15) is 0 Å². The average molecular weight is 218 g/mol. The van der Waals surface area contributed by atoms with Crippen molar-refractivity contribution in [1.29, 1.82) is 0 Å². The molecule has 15 heavy (non-hydrogen) atoms. The van der Waals surface area contributed by atoms with Crippen molar-refractivity contribution in [3.63, 3.8) is 0 Å². The van der Waals surface area contributed by atoms with Crippen molar-refractivity contribution < 1.29 is 23.4 Å². The van der Waals surface area contributed by atoms with E-state index in [1.54, 1.807) is 0 Å². The van der Waals surface area contributed by atoms with Crippen LogP contribution in [0, 0.1) is 0 Å². The van der Waals surface area contributed by atoms with Crippen molar-refractivity contribution >= 4 is 5.91 Å². The summed E-state index contributed by atoms with van der Waals surface area (Å²) in [5.41, 5.74) is 3.51. The average Bonchev–Trinajstić information content (AvgIpc) is 2.17. The number of halogens is 2. The van der Waals surface area contributed by atoms with Crippen LogP contribution < -0.4 is 10.5 Å². The number of ether oxygens (including phenoxy) is 1. The molecule has 0 aromatic carbocycles. The smallest absolute Gasteiger partial charge is 0.284 e. The van der Waals surface area contributed by atoms with Gasteiger partial charge in [-0.3, -0.25) is 4.79 Å². The number of hydrogen-bond acceptors (Lipinski definition) is 4. The monoisotopic (exact) mass is 218 g/mol. The van der Waals surface area contributed by atoms with Gasteiger partial charge in [0.1, 0.15) is 0 Å². The van der Waals surface area contributed by atoms with Crippen LogP contribution in [0.2, 0.25) is 0 Å². The van der Waals surface area contributed by atoms with Crippen LogP contribution >= 0.6 is 0 Å². The molecule has 0 spiro atoms. The summed E-state index contributed by atoms with van der Waals surface area (Å²) in [6.45, 7) is 0. The predicted octanol–water partition coefficient (Wildman–Crippen LogP) is 0.832. The van der Waals surface area contributed by atoms with E-state index >= 15 is 0 Å². The third-order valence-corrected chi connectivity index (χ3v) is 1.68. The van der Waals surface area contributed by atoms with Gasteiger partial charge < -0.3 is 15.6 Å². The lowest BCUT2D eigenvalue weighted by atomic mass is 10.2. The largest absolute Gasteiger partial charge is 0.505 e. The van der Waals surface area contributed by atoms with Crippen LogP contribution in [0.5, 0.6) is 11.6 Å². The normalized spacial score (nSPS) is 10.4. The number of aromatic hydroxyl groups is 1. The Morgan fingerprint density at radius 1 is 1.67 bits per heavy atom. The van der Waals surface area contributed by atoms with Gasteiger partial charge >= 0.3 is 0 Å². The molecule has 0 aliphatic heterocycles. The summed E-state index contributed by atoms with van der Waals surface area (Å²) >= 11 is 0. The first-order valence-electron chi connectivity index (χ1n) is 3.83. The van der Waals surface area contributed by atoms with Crippen molar-refractivity contribution in [2.45, 2.75) is 6.43 Å². The van der Waals surface area contributed by atoms with Gasteiger partial charge in [-0.05, 0) is 0 Å². The Morgan fingerprint density at radius 3 is 2.67 bits per heavy atom. The molecule has 3 N–H and O–H groups in total. The van der Waals surface area contributed by atoms with Gasteiger partial charge in [-0.25, -0.2) is 13.8 Å². The quantitative estimate of drug-likeness (QED) is 0.786. The number of amides is 1. The Morgan fingerprint density at radius 2 is 2.27 bits per heavy atom. The molecular weight excluding hydrogens is 210 g/mol. The standard InChI is InChI=1S/C8H8F2N2O3/c1-15-4-2-3(8(11)14)6(13)5(12-4)7(9)10/h2,7,13H,1H3,(H2,11,14). The van der Waals surface area contributed by atoms with Crippen molar-refractivity contribution in [3.8, 4) is 11.6 Å². The lowest BCUT2D eigenvalue weighted by Gasteiger charge is -2.08. The molecule has 7 heteroatoms. The SMILES string of the molecule is COc1cc(C(N)=O)c(O)c(C(F)F)n1. The van der Waals surface area contributed by atoms with Crippen LogP contribution in [0.25, 0.3) is 0 Å². The first-order valence-corrected chi connectivity index (χ1v) is 3.83. The van der Waals surface area contributed by atoms with Crippen LogP contribution in [-0.2, 0) is 0 Å². The Bertz CT molecular complexity index is 396. The molecule has 0 aliphatic carbocycles. The first-order chi connectivity index (χ1) is 6.97. The fraction of sp³-hybridized carbons (Fsp3) is 0.250. The van der Waals surface area contributed by atoms with Gasteiger partial charge in [0.25, 0.3) is 12.3 Å². The van der Waals surface area contributed by atoms with Crippen molar-refractivity contribution in [2.24, 2.45) is 5.73 Å². The van der Waals surface area contributed by atoms with Crippen LogP contribution in [0.15, 0.2) is 6.07 Å². The number of nitrogens with zero attached hydrogens (tertiary/aromatic N) is 1. The Kier molecular flexibility index (Phi) is 3.03. The predicted molar refractivity (Wildman–Crippen MR) is 45.9 cm³/mol. The molecule has 1 heterocycles. The van der Waals surface area contributed by atoms with Gasteiger partial charge in [-0.15, -0.1) is 0 Å². The Labute approximate surface area is 83.5 Å². The summed E-state index contributed by atoms with van der Waals surface area (Å²) in [4.78, 5) is 14.1. The molecule has 0 fully saturated rings. The maximum absolute atomic E-state index is 12.4. The first kappa shape index (κ1) is 11.2. The zero-order valence-corrected chi connectivity index (χ0v) is 7.70. The maximum atomic E-state index is 12.4. The number of nitrogens with two attached hydrogens (primary N) is 1. The number of methoxy groups -OCH3 is 1. The van der Waals surface area contributed by atoms with E-state index < -0.39 is 29.3 Å². The number of carbonyl (C=O) groups excluding carboxylic acids is 1. The molecule has 82 valence electrons. The van der Waals surface area contributed by atoms with E-state index in [0.29, 0.717) is 0 Å². The molecule has 0 radical (unpaired) electrons.